The van der Waals surface area contributed by atoms with E-state index in [1.807, 2.05) is 0 Å². The second kappa shape index (κ2) is 5.72. The highest BCUT2D eigenvalue weighted by Crippen LogP contribution is 2.42. The third-order valence-corrected chi connectivity index (χ3v) is 4.65. The van der Waals surface area contributed by atoms with Gasteiger partial charge in [0, 0.05) is 13.0 Å². The number of benzene rings is 1. The van der Waals surface area contributed by atoms with E-state index in [0.29, 0.717) is 16.9 Å². The van der Waals surface area contributed by atoms with E-state index in [2.05, 4.69) is 5.32 Å². The third-order valence-electron chi connectivity index (χ3n) is 4.65. The summed E-state index contributed by atoms with van der Waals surface area (Å²) < 4.78 is 19.9. The van der Waals surface area contributed by atoms with Crippen molar-refractivity contribution in [1.29, 1.82) is 0 Å². The van der Waals surface area contributed by atoms with Crippen molar-refractivity contribution in [2.45, 2.75) is 38.3 Å². The van der Waals surface area contributed by atoms with Crippen LogP contribution in [-0.4, -0.2) is 43.1 Å². The van der Waals surface area contributed by atoms with Crippen LogP contribution in [0.15, 0.2) is 12.1 Å². The van der Waals surface area contributed by atoms with Crippen LogP contribution in [0.3, 0.4) is 0 Å². The van der Waals surface area contributed by atoms with E-state index in [1.54, 1.807) is 11.0 Å². The van der Waals surface area contributed by atoms with Gasteiger partial charge >= 0.3 is 6.09 Å². The summed E-state index contributed by atoms with van der Waals surface area (Å²) in [6.45, 7) is 1.81. The number of rotatable bonds is 4. The van der Waals surface area contributed by atoms with Crippen LogP contribution in [0.5, 0.6) is 0 Å². The van der Waals surface area contributed by atoms with Gasteiger partial charge in [-0.15, -0.1) is 0 Å². The van der Waals surface area contributed by atoms with Crippen molar-refractivity contribution >= 4 is 29.3 Å². The summed E-state index contributed by atoms with van der Waals surface area (Å²) in [7, 11) is 0. The molecule has 8 heteroatoms. The van der Waals surface area contributed by atoms with Gasteiger partial charge in [-0.25, -0.2) is 9.18 Å². The van der Waals surface area contributed by atoms with Crippen molar-refractivity contribution in [1.82, 2.24) is 5.32 Å². The first-order chi connectivity index (χ1) is 11.9. The van der Waals surface area contributed by atoms with Gasteiger partial charge in [0.25, 0.3) is 0 Å². The zero-order chi connectivity index (χ0) is 17.7. The first-order valence-corrected chi connectivity index (χ1v) is 8.31. The van der Waals surface area contributed by atoms with E-state index in [9.17, 15) is 18.8 Å². The number of hydrogen-bond donors (Lipinski definition) is 1. The second-order valence-corrected chi connectivity index (χ2v) is 6.66. The van der Waals surface area contributed by atoms with Crippen molar-refractivity contribution in [2.24, 2.45) is 0 Å². The lowest BCUT2D eigenvalue weighted by molar-refractivity contribution is -0.119. The minimum absolute atomic E-state index is 0.0962. The van der Waals surface area contributed by atoms with Crippen molar-refractivity contribution < 1.29 is 23.5 Å². The molecule has 1 N–H and O–H groups in total. The van der Waals surface area contributed by atoms with E-state index in [0.717, 1.165) is 12.8 Å². The highest BCUT2D eigenvalue weighted by Gasteiger charge is 2.41. The van der Waals surface area contributed by atoms with Crippen LogP contribution in [0.2, 0.25) is 0 Å². The molecule has 0 aromatic heterocycles. The first kappa shape index (κ1) is 15.9. The van der Waals surface area contributed by atoms with Gasteiger partial charge in [-0.05, 0) is 30.5 Å². The monoisotopic (exact) mass is 347 g/mol. The fourth-order valence-electron chi connectivity index (χ4n) is 3.39. The van der Waals surface area contributed by atoms with Crippen LogP contribution in [0.4, 0.5) is 20.6 Å². The zero-order valence-corrected chi connectivity index (χ0v) is 13.8. The number of amides is 3. The third kappa shape index (κ3) is 2.81. The molecule has 25 heavy (non-hydrogen) atoms. The van der Waals surface area contributed by atoms with Crippen LogP contribution in [0.25, 0.3) is 0 Å². The summed E-state index contributed by atoms with van der Waals surface area (Å²) in [5, 5.41) is 2.60. The van der Waals surface area contributed by atoms with E-state index in [1.165, 1.54) is 17.9 Å². The maximum atomic E-state index is 14.7. The van der Waals surface area contributed by atoms with E-state index in [-0.39, 0.29) is 37.4 Å². The Labute approximate surface area is 143 Å². The molecule has 1 aromatic rings. The molecular weight excluding hydrogens is 329 g/mol. The molecule has 1 atom stereocenters. The maximum absolute atomic E-state index is 14.7. The summed E-state index contributed by atoms with van der Waals surface area (Å²) in [5.74, 6) is -0.804. The molecule has 0 spiro atoms. The summed E-state index contributed by atoms with van der Waals surface area (Å²) in [5.41, 5.74) is 1.32. The maximum Gasteiger partial charge on any atom is 0.414 e. The molecule has 132 valence electrons. The smallest absolute Gasteiger partial charge is 0.414 e. The lowest BCUT2D eigenvalue weighted by Gasteiger charge is -2.19. The number of hydrogen-bond acceptors (Lipinski definition) is 4. The topological polar surface area (TPSA) is 79.0 Å². The SMILES string of the molecule is CC(=O)NCC1CN(c2cc(F)c3c(c2)CC(=O)N3C2CC2)C(=O)O1. The Morgan fingerprint density at radius 2 is 2.12 bits per heavy atom. The average Bonchev–Trinajstić information content (AvgIpc) is 3.22. The number of carbonyl (C=O) groups excluding carboxylic acids is 3. The van der Waals surface area contributed by atoms with Gasteiger partial charge < -0.3 is 15.0 Å². The molecule has 1 aromatic carbocycles. The highest BCUT2D eigenvalue weighted by atomic mass is 19.1. The van der Waals surface area contributed by atoms with Crippen molar-refractivity contribution in [3.63, 3.8) is 0 Å². The molecule has 7 nitrogen and oxygen atoms in total. The lowest BCUT2D eigenvalue weighted by atomic mass is 10.1. The molecule has 2 heterocycles. The normalized spacial score (nSPS) is 22.2. The summed E-state index contributed by atoms with van der Waals surface area (Å²) in [6.07, 6.45) is 0.871. The van der Waals surface area contributed by atoms with Gasteiger partial charge in [-0.2, -0.15) is 0 Å². The van der Waals surface area contributed by atoms with Gasteiger partial charge in [0.2, 0.25) is 11.8 Å². The average molecular weight is 347 g/mol. The number of nitrogens with one attached hydrogen (secondary N) is 1. The number of halogens is 1. The summed E-state index contributed by atoms with van der Waals surface area (Å²) >= 11 is 0. The Bertz CT molecular complexity index is 777. The van der Waals surface area contributed by atoms with E-state index < -0.39 is 18.0 Å². The first-order valence-electron chi connectivity index (χ1n) is 8.31. The predicted octanol–water partition coefficient (Wildman–Crippen LogP) is 1.34. The van der Waals surface area contributed by atoms with Crippen molar-refractivity contribution in [2.75, 3.05) is 22.9 Å². The van der Waals surface area contributed by atoms with Crippen LogP contribution in [-0.2, 0) is 20.7 Å². The van der Waals surface area contributed by atoms with Crippen LogP contribution in [0, 0.1) is 5.82 Å². The molecule has 2 aliphatic heterocycles. The standard InChI is InChI=1S/C17H18FN3O4/c1-9(22)19-7-13-8-20(17(24)25-13)12-4-10-5-15(23)21(11-2-3-11)16(10)14(18)6-12/h4,6,11,13H,2-3,5,7-8H2,1H3,(H,19,22). The summed E-state index contributed by atoms with van der Waals surface area (Å²) in [4.78, 5) is 38.1. The molecule has 1 saturated heterocycles. The van der Waals surface area contributed by atoms with Gasteiger partial charge in [-0.3, -0.25) is 14.5 Å². The number of ether oxygens (including phenoxy) is 1. The Hall–Kier alpha value is -2.64. The minimum Gasteiger partial charge on any atom is -0.442 e. The number of fused-ring (bicyclic) bond motifs is 1. The molecule has 3 aliphatic rings. The molecule has 1 unspecified atom stereocenters. The van der Waals surface area contributed by atoms with Crippen LogP contribution in [0.1, 0.15) is 25.3 Å². The number of carbonyl (C=O) groups is 3. The molecule has 2 fully saturated rings. The molecule has 3 amide bonds. The zero-order valence-electron chi connectivity index (χ0n) is 13.8. The molecule has 0 radical (unpaired) electrons. The molecule has 1 saturated carbocycles. The summed E-state index contributed by atoms with van der Waals surface area (Å²) in [6, 6.07) is 3.06. The van der Waals surface area contributed by atoms with Crippen molar-refractivity contribution in [3.05, 3.63) is 23.5 Å². The molecule has 1 aliphatic carbocycles. The van der Waals surface area contributed by atoms with Crippen molar-refractivity contribution in [3.8, 4) is 0 Å². The molecule has 4 rings (SSSR count). The Morgan fingerprint density at radius 3 is 2.80 bits per heavy atom. The van der Waals surface area contributed by atoms with Gasteiger partial charge in [0.1, 0.15) is 11.9 Å². The molecule has 0 bridgehead atoms. The second-order valence-electron chi connectivity index (χ2n) is 6.66. The van der Waals surface area contributed by atoms with E-state index >= 15 is 0 Å². The number of anilines is 2. The quantitative estimate of drug-likeness (QED) is 0.891. The minimum atomic E-state index is -0.585. The van der Waals surface area contributed by atoms with Gasteiger partial charge in [0.15, 0.2) is 0 Å². The van der Waals surface area contributed by atoms with E-state index in [4.69, 9.17) is 4.74 Å². The van der Waals surface area contributed by atoms with Crippen LogP contribution >= 0.6 is 0 Å². The fraction of sp³-hybridized carbons (Fsp3) is 0.471. The van der Waals surface area contributed by atoms with Gasteiger partial charge in [0.05, 0.1) is 30.9 Å². The predicted molar refractivity (Wildman–Crippen MR) is 86.9 cm³/mol. The van der Waals surface area contributed by atoms with Gasteiger partial charge in [-0.1, -0.05) is 0 Å². The largest absolute Gasteiger partial charge is 0.442 e. The fourth-order valence-corrected chi connectivity index (χ4v) is 3.39. The molecular formula is C17H18FN3O4. The Kier molecular flexibility index (Phi) is 3.63. The van der Waals surface area contributed by atoms with Crippen LogP contribution < -0.4 is 15.1 Å². The Morgan fingerprint density at radius 1 is 1.36 bits per heavy atom. The number of nitrogens with zero attached hydrogens (tertiary/aromatic N) is 2. The Balaban J connectivity index is 1.57. The number of cyclic esters (lactones) is 1. The lowest BCUT2D eigenvalue weighted by Crippen LogP contribution is -2.33. The highest BCUT2D eigenvalue weighted by molar-refractivity contribution is 6.03.